The second-order valence-corrected chi connectivity index (χ2v) is 4.38. The molecule has 0 heteroatoms. The Hall–Kier alpha value is -1.04. The first-order valence-electron chi connectivity index (χ1n) is 5.94. The fourth-order valence-electron chi connectivity index (χ4n) is 2.00. The third-order valence-electron chi connectivity index (χ3n) is 2.87. The lowest BCUT2D eigenvalue weighted by atomic mass is 9.90. The minimum atomic E-state index is 0.608. The molecule has 0 aromatic heterocycles. The van der Waals surface area contributed by atoms with Gasteiger partial charge in [-0.05, 0) is 35.4 Å². The first-order valence-corrected chi connectivity index (χ1v) is 5.94. The van der Waals surface area contributed by atoms with Crippen LogP contribution in [0.5, 0.6) is 0 Å². The molecule has 0 saturated heterocycles. The van der Waals surface area contributed by atoms with Gasteiger partial charge in [0.25, 0.3) is 0 Å². The maximum absolute atomic E-state index is 3.90. The van der Waals surface area contributed by atoms with E-state index in [1.54, 1.807) is 0 Å². The van der Waals surface area contributed by atoms with Crippen molar-refractivity contribution in [3.8, 4) is 0 Å². The third-order valence-corrected chi connectivity index (χ3v) is 2.87. The lowest BCUT2D eigenvalue weighted by molar-refractivity contribution is 0.766. The Morgan fingerprint density at radius 3 is 2.60 bits per heavy atom. The molecule has 0 radical (unpaired) electrons. The van der Waals surface area contributed by atoms with Crippen LogP contribution >= 0.6 is 0 Å². The molecule has 0 aliphatic carbocycles. The maximum atomic E-state index is 3.90. The second kappa shape index (κ2) is 5.75. The van der Waals surface area contributed by atoms with E-state index < -0.39 is 0 Å². The van der Waals surface area contributed by atoms with Crippen LogP contribution in [0.4, 0.5) is 0 Å². The molecule has 0 N–H and O–H groups in total. The molecule has 82 valence electrons. The molecule has 15 heavy (non-hydrogen) atoms. The summed E-state index contributed by atoms with van der Waals surface area (Å²) in [5.41, 5.74) is 4.31. The molecule has 0 amide bonds. The molecule has 0 aliphatic heterocycles. The van der Waals surface area contributed by atoms with Crippen molar-refractivity contribution < 1.29 is 0 Å². The summed E-state index contributed by atoms with van der Waals surface area (Å²) in [5.74, 6) is 0.608. The zero-order chi connectivity index (χ0) is 11.3. The predicted molar refractivity (Wildman–Crippen MR) is 69.2 cm³/mol. The van der Waals surface area contributed by atoms with E-state index in [-0.39, 0.29) is 0 Å². The van der Waals surface area contributed by atoms with Gasteiger partial charge in [0.15, 0.2) is 0 Å². The number of rotatable bonds is 5. The van der Waals surface area contributed by atoms with Gasteiger partial charge in [-0.3, -0.25) is 0 Å². The lowest BCUT2D eigenvalue weighted by Gasteiger charge is -2.15. The summed E-state index contributed by atoms with van der Waals surface area (Å²) in [5, 5.41) is 0. The molecule has 0 heterocycles. The topological polar surface area (TPSA) is 0 Å². The smallest absolute Gasteiger partial charge is 0.0216 e. The van der Waals surface area contributed by atoms with Crippen molar-refractivity contribution in [3.63, 3.8) is 0 Å². The minimum absolute atomic E-state index is 0.608. The first kappa shape index (κ1) is 12.0. The summed E-state index contributed by atoms with van der Waals surface area (Å²) >= 11 is 0. The summed E-state index contributed by atoms with van der Waals surface area (Å²) < 4.78 is 0. The Morgan fingerprint density at radius 2 is 2.07 bits per heavy atom. The molecule has 0 aliphatic rings. The molecule has 0 atom stereocenters. The van der Waals surface area contributed by atoms with Crippen LogP contribution < -0.4 is 0 Å². The van der Waals surface area contributed by atoms with Crippen molar-refractivity contribution in [1.82, 2.24) is 0 Å². The van der Waals surface area contributed by atoms with Crippen LogP contribution in [0.2, 0.25) is 0 Å². The van der Waals surface area contributed by atoms with Crippen molar-refractivity contribution in [2.24, 2.45) is 0 Å². The van der Waals surface area contributed by atoms with E-state index in [9.17, 15) is 0 Å². The van der Waals surface area contributed by atoms with Gasteiger partial charge in [0.2, 0.25) is 0 Å². The maximum Gasteiger partial charge on any atom is -0.0216 e. The van der Waals surface area contributed by atoms with Crippen LogP contribution in [0.15, 0.2) is 24.8 Å². The highest BCUT2D eigenvalue weighted by atomic mass is 14.1. The Kier molecular flexibility index (Phi) is 4.61. The van der Waals surface area contributed by atoms with Gasteiger partial charge in [0, 0.05) is 0 Å². The van der Waals surface area contributed by atoms with Crippen molar-refractivity contribution in [2.45, 2.75) is 46.0 Å². The summed E-state index contributed by atoms with van der Waals surface area (Å²) in [7, 11) is 0. The summed E-state index contributed by atoms with van der Waals surface area (Å²) in [6.07, 6.45) is 5.69. The first-order chi connectivity index (χ1) is 7.20. The molecule has 0 fully saturated rings. The summed E-state index contributed by atoms with van der Waals surface area (Å²) in [4.78, 5) is 0. The molecule has 0 nitrogen and oxygen atoms in total. The molecule has 0 saturated carbocycles. The largest absolute Gasteiger partial charge is 0.0985 e. The Bertz CT molecular complexity index is 321. The van der Waals surface area contributed by atoms with Crippen molar-refractivity contribution in [1.29, 1.82) is 0 Å². The lowest BCUT2D eigenvalue weighted by Crippen LogP contribution is -1.99. The van der Waals surface area contributed by atoms with Crippen LogP contribution in [-0.2, 0) is 6.42 Å². The van der Waals surface area contributed by atoms with E-state index in [2.05, 4.69) is 45.5 Å². The molecule has 0 bridgehead atoms. The predicted octanol–water partition coefficient (Wildman–Crippen LogP) is 4.80. The van der Waals surface area contributed by atoms with E-state index in [4.69, 9.17) is 0 Å². The van der Waals surface area contributed by atoms with Crippen molar-refractivity contribution >= 4 is 6.08 Å². The Labute approximate surface area is 94.0 Å². The number of benzene rings is 1. The average Bonchev–Trinajstić information content (AvgIpc) is 2.25. The number of hydrogen-bond donors (Lipinski definition) is 0. The molecular weight excluding hydrogens is 180 g/mol. The molecular formula is C15H22. The highest BCUT2D eigenvalue weighted by Gasteiger charge is 2.08. The second-order valence-electron chi connectivity index (χ2n) is 4.38. The van der Waals surface area contributed by atoms with E-state index >= 15 is 0 Å². The fourth-order valence-corrected chi connectivity index (χ4v) is 2.00. The van der Waals surface area contributed by atoms with E-state index in [1.807, 2.05) is 6.08 Å². The molecule has 1 aromatic carbocycles. The SMILES string of the molecule is C=Cc1cccc(C(C)C)c1CCCC. The van der Waals surface area contributed by atoms with Crippen LogP contribution in [0.3, 0.4) is 0 Å². The van der Waals surface area contributed by atoms with Crippen LogP contribution in [0.25, 0.3) is 6.08 Å². The third kappa shape index (κ3) is 2.95. The van der Waals surface area contributed by atoms with Gasteiger partial charge in [0.05, 0.1) is 0 Å². The van der Waals surface area contributed by atoms with E-state index in [0.29, 0.717) is 5.92 Å². The monoisotopic (exact) mass is 202 g/mol. The van der Waals surface area contributed by atoms with Gasteiger partial charge in [-0.25, -0.2) is 0 Å². The average molecular weight is 202 g/mol. The van der Waals surface area contributed by atoms with Crippen LogP contribution in [0.1, 0.15) is 56.2 Å². The quantitative estimate of drug-likeness (QED) is 0.643. The molecule has 1 aromatic rings. The van der Waals surface area contributed by atoms with Crippen LogP contribution in [-0.4, -0.2) is 0 Å². The fraction of sp³-hybridized carbons (Fsp3) is 0.467. The van der Waals surface area contributed by atoms with Crippen LogP contribution in [0, 0.1) is 0 Å². The van der Waals surface area contributed by atoms with Crippen molar-refractivity contribution in [2.75, 3.05) is 0 Å². The van der Waals surface area contributed by atoms with Gasteiger partial charge < -0.3 is 0 Å². The van der Waals surface area contributed by atoms with Gasteiger partial charge in [-0.15, -0.1) is 0 Å². The highest BCUT2D eigenvalue weighted by molar-refractivity contribution is 5.55. The molecule has 0 unspecified atom stereocenters. The molecule has 0 spiro atoms. The number of unbranched alkanes of at least 4 members (excludes halogenated alkanes) is 1. The minimum Gasteiger partial charge on any atom is -0.0985 e. The van der Waals surface area contributed by atoms with Gasteiger partial charge >= 0.3 is 0 Å². The normalized spacial score (nSPS) is 10.7. The van der Waals surface area contributed by atoms with Crippen molar-refractivity contribution in [3.05, 3.63) is 41.5 Å². The van der Waals surface area contributed by atoms with Gasteiger partial charge in [0.1, 0.15) is 0 Å². The van der Waals surface area contributed by atoms with E-state index in [1.165, 1.54) is 36.0 Å². The Morgan fingerprint density at radius 1 is 1.33 bits per heavy atom. The number of hydrogen-bond acceptors (Lipinski definition) is 0. The Balaban J connectivity index is 3.08. The zero-order valence-corrected chi connectivity index (χ0v) is 10.2. The summed E-state index contributed by atoms with van der Waals surface area (Å²) in [6, 6.07) is 6.56. The standard InChI is InChI=1S/C15H22/c1-5-7-10-15-13(6-2)9-8-11-14(15)12(3)4/h6,8-9,11-12H,2,5,7,10H2,1,3-4H3. The highest BCUT2D eigenvalue weighted by Crippen LogP contribution is 2.25. The molecule has 1 rings (SSSR count). The van der Waals surface area contributed by atoms with Gasteiger partial charge in [-0.1, -0.05) is 58.0 Å². The zero-order valence-electron chi connectivity index (χ0n) is 10.2. The van der Waals surface area contributed by atoms with Gasteiger partial charge in [-0.2, -0.15) is 0 Å². The summed E-state index contributed by atoms with van der Waals surface area (Å²) in [6.45, 7) is 10.7. The van der Waals surface area contributed by atoms with E-state index in [0.717, 1.165) is 0 Å².